The van der Waals surface area contributed by atoms with Crippen LogP contribution in [-0.4, -0.2) is 185 Å². The van der Waals surface area contributed by atoms with Crippen LogP contribution >= 0.6 is 0 Å². The number of nitrogens with zero attached hydrogens (tertiary/aromatic N) is 7. The molecule has 7 heterocycles. The number of benzene rings is 10. The summed E-state index contributed by atoms with van der Waals surface area (Å²) < 4.78 is 111. The number of fused-ring (bicyclic) bond motifs is 4. The van der Waals surface area contributed by atoms with Crippen LogP contribution in [0.25, 0.3) is 0 Å². The first-order chi connectivity index (χ1) is 64.7. The third-order valence-electron chi connectivity index (χ3n) is 27.2. The molecule has 0 radical (unpaired) electrons. The van der Waals surface area contributed by atoms with Crippen molar-refractivity contribution in [2.45, 2.75) is 233 Å². The normalized spacial score (nSPS) is 18.4. The van der Waals surface area contributed by atoms with Crippen molar-refractivity contribution in [2.24, 2.45) is 5.92 Å². The Morgan fingerprint density at radius 1 is 0.304 bits per heavy atom. The van der Waals surface area contributed by atoms with Crippen LogP contribution in [0.5, 0.6) is 23.0 Å². The number of aryl methyl sites for hydroxylation is 4. The Balaban J connectivity index is 0.000000137. The molecule has 1 saturated carbocycles. The number of rotatable bonds is 29. The van der Waals surface area contributed by atoms with Gasteiger partial charge < -0.3 is 61.7 Å². The predicted molar refractivity (Wildman–Crippen MR) is 525 cm³/mol. The summed E-state index contributed by atoms with van der Waals surface area (Å²) in [4.78, 5) is 28.3. The van der Waals surface area contributed by atoms with Crippen LogP contribution in [0.15, 0.2) is 226 Å². The molecule has 27 nitrogen and oxygen atoms in total. The quantitative estimate of drug-likeness (QED) is 0.0195. The van der Waals surface area contributed by atoms with Crippen LogP contribution in [0, 0.1) is 33.6 Å². The monoisotopic (exact) mass is 1910 g/mol. The molecule has 10 aromatic rings. The molecule has 718 valence electrons. The second-order valence-electron chi connectivity index (χ2n) is 37.5. The number of anilines is 4. The maximum Gasteiger partial charge on any atom is 0.303 e. The Morgan fingerprint density at radius 2 is 0.578 bits per heavy atom. The van der Waals surface area contributed by atoms with Gasteiger partial charge in [-0.25, -0.2) is 33.7 Å². The number of carboxylic acid groups (broad SMARTS) is 2. The molecular formula is C104H127N11O16S4. The first-order valence-electron chi connectivity index (χ1n) is 47.1. The third kappa shape index (κ3) is 25.5. The molecule has 7 aliphatic heterocycles. The highest BCUT2D eigenvalue weighted by atomic mass is 32.2. The molecule has 31 heteroatoms. The Kier molecular flexibility index (Phi) is 32.1. The molecule has 3 saturated heterocycles. The summed E-state index contributed by atoms with van der Waals surface area (Å²) in [5, 5.41) is 72.8. The van der Waals surface area contributed by atoms with E-state index >= 15 is 0 Å². The van der Waals surface area contributed by atoms with Crippen LogP contribution in [0.2, 0.25) is 0 Å². The number of aromatic hydroxyl groups is 4. The first-order valence-corrected chi connectivity index (χ1v) is 52.9. The van der Waals surface area contributed by atoms with E-state index < -0.39 is 52.0 Å². The summed E-state index contributed by atoms with van der Waals surface area (Å²) in [6.07, 6.45) is 14.8. The van der Waals surface area contributed by atoms with Gasteiger partial charge in [0.2, 0.25) is 40.1 Å². The number of nitrogens with one attached hydrogen (secondary N) is 4. The fourth-order valence-corrected chi connectivity index (χ4v) is 25.4. The van der Waals surface area contributed by atoms with E-state index in [9.17, 15) is 63.7 Å². The molecule has 0 aromatic heterocycles. The second kappa shape index (κ2) is 44.0. The minimum atomic E-state index is -3.79. The zero-order valence-corrected chi connectivity index (χ0v) is 80.6. The van der Waals surface area contributed by atoms with Crippen molar-refractivity contribution in [3.63, 3.8) is 0 Å². The van der Waals surface area contributed by atoms with Gasteiger partial charge in [-0.2, -0.15) is 17.2 Å². The molecule has 18 rings (SSSR count). The van der Waals surface area contributed by atoms with Crippen molar-refractivity contribution < 1.29 is 73.9 Å². The maximum absolute atomic E-state index is 13.1. The van der Waals surface area contributed by atoms with E-state index in [1.165, 1.54) is 89.7 Å². The highest BCUT2D eigenvalue weighted by Crippen LogP contribution is 2.41. The minimum absolute atomic E-state index is 0.0310. The number of phenolic OH excluding ortho intramolecular Hbond substituents is 4. The molecular weight excluding hydrogens is 1790 g/mol. The Hall–Kier alpha value is -10.9. The van der Waals surface area contributed by atoms with Crippen molar-refractivity contribution in [3.05, 3.63) is 284 Å². The Bertz CT molecular complexity index is 6130. The van der Waals surface area contributed by atoms with Crippen LogP contribution in [0.3, 0.4) is 0 Å². The number of aliphatic carboxylic acids is 2. The van der Waals surface area contributed by atoms with Crippen LogP contribution in [0.4, 0.5) is 22.7 Å². The van der Waals surface area contributed by atoms with E-state index in [2.05, 4.69) is 121 Å². The highest BCUT2D eigenvalue weighted by molar-refractivity contribution is 7.90. The number of hydrogen-bond donors (Lipinski definition) is 10. The van der Waals surface area contributed by atoms with Crippen molar-refractivity contribution in [3.8, 4) is 23.0 Å². The van der Waals surface area contributed by atoms with E-state index in [4.69, 9.17) is 10.2 Å². The lowest BCUT2D eigenvalue weighted by Crippen LogP contribution is -2.39. The molecule has 10 aromatic carbocycles. The summed E-state index contributed by atoms with van der Waals surface area (Å²) in [5.74, 6) is -1.55. The van der Waals surface area contributed by atoms with Crippen molar-refractivity contribution >= 4 is 74.8 Å². The summed E-state index contributed by atoms with van der Waals surface area (Å²) in [7, 11) is -15.1. The number of carboxylic acids is 2. The van der Waals surface area contributed by atoms with E-state index in [1.807, 2.05) is 69.3 Å². The molecule has 0 unspecified atom stereocenters. The van der Waals surface area contributed by atoms with E-state index in [0.717, 1.165) is 225 Å². The molecule has 1 aliphatic carbocycles. The van der Waals surface area contributed by atoms with Gasteiger partial charge in [0, 0.05) is 158 Å². The van der Waals surface area contributed by atoms with Crippen molar-refractivity contribution in [2.75, 3.05) is 73.6 Å². The number of piperidine rings is 3. The lowest BCUT2D eigenvalue weighted by molar-refractivity contribution is -0.138. The summed E-state index contributed by atoms with van der Waals surface area (Å²) >= 11 is 0. The SMILES string of the molecule is Cc1ccc(S(=O)(=O)N2Cc3ccc(NC4CCC(Cc5ccccc5)CC4)cc3C2)c(O)c1.Cc1ccc(S(=O)(=O)N2Cc3ccc(NC4CCN(CCCC(=O)O)CC4)cc3C2)c(O)c1.Cc1ccc(S(=O)(=O)N2Cc3ccc(NC4CCN(CCCCC(=O)O)CC4)cc3C2)c(O)c1.Cc1ccc(S(=O)(=O)N2Cc3ccc(NC4CCN(Cc5ccccc5)CC4)cc3C2)c(O)c1. The number of unbranched alkanes of at least 4 members (excludes halogenated alkanes) is 1. The highest BCUT2D eigenvalue weighted by Gasteiger charge is 2.39. The number of sulfonamides is 4. The molecule has 4 fully saturated rings. The van der Waals surface area contributed by atoms with E-state index in [-0.39, 0.29) is 68.5 Å². The second-order valence-corrected chi connectivity index (χ2v) is 45.1. The Morgan fingerprint density at radius 3 is 0.881 bits per heavy atom. The zero-order chi connectivity index (χ0) is 95.3. The fraction of sp³-hybridized carbons (Fsp3) is 0.404. The third-order valence-corrected chi connectivity index (χ3v) is 34.6. The molecule has 8 aliphatic rings. The van der Waals surface area contributed by atoms with E-state index in [0.29, 0.717) is 69.9 Å². The van der Waals surface area contributed by atoms with Gasteiger partial charge in [0.25, 0.3) is 0 Å². The topological polar surface area (TPSA) is 363 Å². The van der Waals surface area contributed by atoms with Gasteiger partial charge in [0.05, 0.1) is 0 Å². The van der Waals surface area contributed by atoms with E-state index in [1.54, 1.807) is 31.2 Å². The maximum atomic E-state index is 13.1. The summed E-state index contributed by atoms with van der Waals surface area (Å²) in [5.41, 5.74) is 18.1. The summed E-state index contributed by atoms with van der Waals surface area (Å²) in [6.45, 7) is 18.4. The van der Waals surface area contributed by atoms with Crippen molar-refractivity contribution in [1.29, 1.82) is 0 Å². The van der Waals surface area contributed by atoms with Crippen LogP contribution in [-0.2, 0) is 115 Å². The average Bonchev–Trinajstić information content (AvgIpc) is 1.64. The smallest absolute Gasteiger partial charge is 0.303 e. The molecule has 10 N–H and O–H groups in total. The van der Waals surface area contributed by atoms with Gasteiger partial charge in [0.1, 0.15) is 42.6 Å². The molecule has 135 heavy (non-hydrogen) atoms. The molecule has 0 amide bonds. The van der Waals surface area contributed by atoms with Gasteiger partial charge in [-0.3, -0.25) is 14.5 Å². The molecule has 0 spiro atoms. The van der Waals surface area contributed by atoms with Gasteiger partial charge in [-0.1, -0.05) is 109 Å². The Labute approximate surface area is 795 Å². The minimum Gasteiger partial charge on any atom is -0.507 e. The summed E-state index contributed by atoms with van der Waals surface area (Å²) in [6, 6.07) is 65.9. The predicted octanol–water partition coefficient (Wildman–Crippen LogP) is 16.8. The van der Waals surface area contributed by atoms with Gasteiger partial charge in [0.15, 0.2) is 0 Å². The fourth-order valence-electron chi connectivity index (χ4n) is 19.6. The number of hydrogen-bond acceptors (Lipinski definition) is 21. The van der Waals surface area contributed by atoms with Gasteiger partial charge in [-0.05, 0) is 312 Å². The van der Waals surface area contributed by atoms with Gasteiger partial charge in [-0.15, -0.1) is 0 Å². The average molecular weight is 1920 g/mol. The number of phenols is 4. The lowest BCUT2D eigenvalue weighted by Gasteiger charge is -2.33. The van der Waals surface area contributed by atoms with Gasteiger partial charge >= 0.3 is 11.9 Å². The van der Waals surface area contributed by atoms with Crippen LogP contribution in [0.1, 0.15) is 174 Å². The molecule has 0 atom stereocenters. The number of carbonyl (C=O) groups is 2. The molecule has 0 bridgehead atoms. The zero-order valence-electron chi connectivity index (χ0n) is 77.4. The number of likely N-dealkylation sites (tertiary alicyclic amines) is 3. The lowest BCUT2D eigenvalue weighted by atomic mass is 9.82. The standard InChI is InChI=1S/C28H32N2O3S.C27H31N3O3S.C25H33N3O5S.C24H31N3O5S/c1-20-7-14-28(27(31)15-20)34(32,33)30-18-23-10-13-26(17-24(23)19-30)29-25-11-8-22(9-12-25)16-21-5-3-2-4-6-21;1-20-7-10-27(26(31)15-20)34(32,33)30-18-22-8-9-25(16-23(22)19-30)28-24-11-13-29(14-12-24)17-21-5-3-2-4-6-21;1-18-5-8-24(23(29)14-18)34(32,33)28-16-19-6-7-22(15-20(19)17-28)26-21-9-12-27(13-10-21)11-3-2-4-25(30)31;1-17-4-7-23(22(28)13-17)33(31,32)27-15-18-5-6-21(14-19(18)16-27)25-20-8-11-26(12-9-20)10-2-3-24(29)30/h2-7,10,13-15,17,22,25,29,31H,8-9,11-12,16,18-19H2,1H3;2-10,15-16,24,28,31H,11-14,17-19H2,1H3;5-8,14-15,21,26,29H,2-4,9-13,16-17H2,1H3,(H,30,31);4-7,13-14,20,25,28H,2-3,8-12,15-16H2,1H3,(H,29,30). The van der Waals surface area contributed by atoms with Crippen LogP contribution < -0.4 is 21.3 Å². The largest absolute Gasteiger partial charge is 0.507 e. The first kappa shape index (κ1) is 98.6. The van der Waals surface area contributed by atoms with Crippen molar-refractivity contribution in [1.82, 2.24) is 31.9 Å².